The van der Waals surface area contributed by atoms with Gasteiger partial charge in [-0.15, -0.1) is 0 Å². The summed E-state index contributed by atoms with van der Waals surface area (Å²) in [5, 5.41) is 11.9. The Morgan fingerprint density at radius 1 is 1.47 bits per heavy atom. The van der Waals surface area contributed by atoms with Gasteiger partial charge in [0.25, 0.3) is 0 Å². The highest BCUT2D eigenvalue weighted by Gasteiger charge is 2.39. The zero-order valence-corrected chi connectivity index (χ0v) is 9.68. The molecule has 2 aliphatic heterocycles. The van der Waals surface area contributed by atoms with Gasteiger partial charge in [-0.05, 0) is 6.42 Å². The summed E-state index contributed by atoms with van der Waals surface area (Å²) < 4.78 is 22.7. The first kappa shape index (κ1) is 11.2. The Morgan fingerprint density at radius 2 is 2.20 bits per heavy atom. The molecular weight excluding hydrogens is 238 g/mol. The highest BCUT2D eigenvalue weighted by Crippen LogP contribution is 2.29. The van der Waals surface area contributed by atoms with E-state index >= 15 is 0 Å². The molecule has 0 aromatic heterocycles. The van der Waals surface area contributed by atoms with Gasteiger partial charge in [-0.1, -0.05) is 0 Å². The Kier molecular flexibility index (Phi) is 2.96. The number of thioether (sulfide) groups is 1. The van der Waals surface area contributed by atoms with Crippen molar-refractivity contribution in [2.75, 3.05) is 17.3 Å². The summed E-state index contributed by atoms with van der Waals surface area (Å²) in [5.74, 6) is -0.0451. The fourth-order valence-electron chi connectivity index (χ4n) is 1.97. The second kappa shape index (κ2) is 3.95. The maximum absolute atomic E-state index is 11.4. The van der Waals surface area contributed by atoms with Gasteiger partial charge in [-0.3, -0.25) is 10.1 Å². The lowest BCUT2D eigenvalue weighted by Crippen LogP contribution is -2.57. The van der Waals surface area contributed by atoms with Crippen LogP contribution in [0.25, 0.3) is 0 Å². The lowest BCUT2D eigenvalue weighted by Gasteiger charge is -2.38. The number of carbonyl (C=O) groups is 1. The van der Waals surface area contributed by atoms with E-state index in [1.807, 2.05) is 0 Å². The molecule has 15 heavy (non-hydrogen) atoms. The maximum Gasteiger partial charge on any atom is 0.321 e. The lowest BCUT2D eigenvalue weighted by atomic mass is 10.1. The summed E-state index contributed by atoms with van der Waals surface area (Å²) in [6.07, 6.45) is 0.532. The fourth-order valence-corrected chi connectivity index (χ4v) is 5.61. The van der Waals surface area contributed by atoms with Gasteiger partial charge in [0.15, 0.2) is 9.84 Å². The number of carboxylic acid groups (broad SMARTS) is 1. The molecule has 86 valence electrons. The molecule has 0 radical (unpaired) electrons. The van der Waals surface area contributed by atoms with E-state index in [-0.39, 0.29) is 22.8 Å². The fraction of sp³-hybridized carbons (Fsp3) is 0.875. The summed E-state index contributed by atoms with van der Waals surface area (Å²) in [6.45, 7) is 0. The molecular formula is C8H13NO4S2. The molecule has 2 N–H and O–H groups in total. The molecule has 3 atom stereocenters. The van der Waals surface area contributed by atoms with Gasteiger partial charge < -0.3 is 5.11 Å². The third-order valence-corrected chi connectivity index (χ3v) is 6.18. The van der Waals surface area contributed by atoms with Crippen LogP contribution >= 0.6 is 11.8 Å². The van der Waals surface area contributed by atoms with Crippen LogP contribution in [-0.4, -0.2) is 54.1 Å². The van der Waals surface area contributed by atoms with Crippen molar-refractivity contribution >= 4 is 27.6 Å². The van der Waals surface area contributed by atoms with Gasteiger partial charge in [0.2, 0.25) is 0 Å². The quantitative estimate of drug-likeness (QED) is 0.643. The summed E-state index contributed by atoms with van der Waals surface area (Å²) in [5.41, 5.74) is 0. The first-order valence-electron chi connectivity index (χ1n) is 4.79. The normalized spacial score (nSPS) is 39.3. The van der Waals surface area contributed by atoms with E-state index in [4.69, 9.17) is 5.11 Å². The van der Waals surface area contributed by atoms with E-state index in [1.54, 1.807) is 0 Å². The minimum absolute atomic E-state index is 0.0272. The van der Waals surface area contributed by atoms with Crippen molar-refractivity contribution in [1.82, 2.24) is 5.32 Å². The number of hydrogen-bond donors (Lipinski definition) is 2. The minimum atomic E-state index is -2.90. The van der Waals surface area contributed by atoms with Crippen LogP contribution in [0.1, 0.15) is 6.42 Å². The van der Waals surface area contributed by atoms with Crippen molar-refractivity contribution in [3.8, 4) is 0 Å². The Morgan fingerprint density at radius 3 is 2.87 bits per heavy atom. The predicted molar refractivity (Wildman–Crippen MR) is 57.9 cm³/mol. The highest BCUT2D eigenvalue weighted by atomic mass is 32.2. The molecule has 5 nitrogen and oxygen atoms in total. The van der Waals surface area contributed by atoms with Crippen LogP contribution in [-0.2, 0) is 14.6 Å². The number of aliphatic carboxylic acids is 1. The van der Waals surface area contributed by atoms with Crippen molar-refractivity contribution < 1.29 is 18.3 Å². The van der Waals surface area contributed by atoms with E-state index in [9.17, 15) is 13.2 Å². The molecule has 0 spiro atoms. The first-order chi connectivity index (χ1) is 6.98. The number of hydrogen-bond acceptors (Lipinski definition) is 5. The average molecular weight is 251 g/mol. The molecule has 2 heterocycles. The van der Waals surface area contributed by atoms with Gasteiger partial charge in [-0.25, -0.2) is 8.42 Å². The average Bonchev–Trinajstić information content (AvgIpc) is 2.15. The minimum Gasteiger partial charge on any atom is -0.480 e. The summed E-state index contributed by atoms with van der Waals surface area (Å²) >= 11 is 1.46. The summed E-state index contributed by atoms with van der Waals surface area (Å²) in [7, 11) is -2.90. The Labute approximate surface area is 92.5 Å². The van der Waals surface area contributed by atoms with Gasteiger partial charge >= 0.3 is 5.97 Å². The highest BCUT2D eigenvalue weighted by molar-refractivity contribution is 8.01. The zero-order chi connectivity index (χ0) is 11.1. The SMILES string of the molecule is O=C(O)C1CSC2CS(=O)(=O)CCC2N1. The summed E-state index contributed by atoms with van der Waals surface area (Å²) in [6, 6.07) is -0.495. The predicted octanol–water partition coefficient (Wildman–Crippen LogP) is -0.668. The summed E-state index contributed by atoms with van der Waals surface area (Å²) in [4.78, 5) is 10.8. The molecule has 2 aliphatic rings. The third-order valence-electron chi connectivity index (χ3n) is 2.80. The molecule has 7 heteroatoms. The molecule has 0 amide bonds. The molecule has 2 saturated heterocycles. The van der Waals surface area contributed by atoms with Crippen LogP contribution in [0, 0.1) is 0 Å². The molecule has 0 aliphatic carbocycles. The van der Waals surface area contributed by atoms with Crippen molar-refractivity contribution in [2.24, 2.45) is 0 Å². The van der Waals surface area contributed by atoms with E-state index in [0.717, 1.165) is 0 Å². The molecule has 2 fully saturated rings. The van der Waals surface area contributed by atoms with Gasteiger partial charge in [-0.2, -0.15) is 11.8 Å². The number of nitrogens with one attached hydrogen (secondary N) is 1. The van der Waals surface area contributed by atoms with Crippen LogP contribution in [0.2, 0.25) is 0 Å². The number of fused-ring (bicyclic) bond motifs is 1. The van der Waals surface area contributed by atoms with Crippen molar-refractivity contribution in [3.63, 3.8) is 0 Å². The van der Waals surface area contributed by atoms with Crippen molar-refractivity contribution in [3.05, 3.63) is 0 Å². The standard InChI is InChI=1S/C8H13NO4S2/c10-8(11)6-3-14-7-4-15(12,13)2-1-5(7)9-6/h5-7,9H,1-4H2,(H,10,11). The zero-order valence-electron chi connectivity index (χ0n) is 8.05. The topological polar surface area (TPSA) is 83.5 Å². The molecule has 0 aromatic rings. The molecule has 0 bridgehead atoms. The van der Waals surface area contributed by atoms with Crippen LogP contribution in [0.3, 0.4) is 0 Å². The van der Waals surface area contributed by atoms with Crippen LogP contribution < -0.4 is 5.32 Å². The maximum atomic E-state index is 11.4. The Bertz CT molecular complexity index is 367. The van der Waals surface area contributed by atoms with Gasteiger partial charge in [0.05, 0.1) is 11.5 Å². The second-order valence-corrected chi connectivity index (χ2v) is 7.44. The molecule has 0 aromatic carbocycles. The van der Waals surface area contributed by atoms with Crippen LogP contribution in [0.15, 0.2) is 0 Å². The monoisotopic (exact) mass is 251 g/mol. The third kappa shape index (κ3) is 2.46. The molecule has 3 unspecified atom stereocenters. The van der Waals surface area contributed by atoms with Gasteiger partial charge in [0.1, 0.15) is 6.04 Å². The lowest BCUT2D eigenvalue weighted by molar-refractivity contribution is -0.139. The van der Waals surface area contributed by atoms with E-state index in [1.165, 1.54) is 11.8 Å². The first-order valence-corrected chi connectivity index (χ1v) is 7.66. The molecule has 2 rings (SSSR count). The largest absolute Gasteiger partial charge is 0.480 e. The van der Waals surface area contributed by atoms with Crippen molar-refractivity contribution in [2.45, 2.75) is 23.8 Å². The van der Waals surface area contributed by atoms with E-state index in [0.29, 0.717) is 12.2 Å². The van der Waals surface area contributed by atoms with Crippen molar-refractivity contribution in [1.29, 1.82) is 0 Å². The Balaban J connectivity index is 2.04. The molecule has 0 saturated carbocycles. The van der Waals surface area contributed by atoms with Crippen LogP contribution in [0.4, 0.5) is 0 Å². The Hall–Kier alpha value is -0.270. The number of carboxylic acids is 1. The van der Waals surface area contributed by atoms with Crippen LogP contribution in [0.5, 0.6) is 0 Å². The smallest absolute Gasteiger partial charge is 0.321 e. The van der Waals surface area contributed by atoms with Gasteiger partial charge in [0, 0.05) is 17.0 Å². The van der Waals surface area contributed by atoms with E-state index < -0.39 is 21.8 Å². The number of sulfone groups is 1. The second-order valence-electron chi connectivity index (χ2n) is 3.94. The number of rotatable bonds is 1. The van der Waals surface area contributed by atoms with E-state index in [2.05, 4.69) is 5.32 Å².